The van der Waals surface area contributed by atoms with E-state index in [0.717, 1.165) is 0 Å². The van der Waals surface area contributed by atoms with Crippen LogP contribution < -0.4 is 5.73 Å². The average molecular weight is 350 g/mol. The van der Waals surface area contributed by atoms with Crippen molar-refractivity contribution in [1.82, 2.24) is 4.90 Å². The van der Waals surface area contributed by atoms with Crippen LogP contribution in [0.5, 0.6) is 0 Å². The molecule has 3 fully saturated rings. The van der Waals surface area contributed by atoms with Gasteiger partial charge in [-0.1, -0.05) is 11.6 Å². The van der Waals surface area contributed by atoms with Crippen LogP contribution in [-0.4, -0.2) is 70.7 Å². The number of hydrogen-bond donors (Lipinski definition) is 3. The van der Waals surface area contributed by atoms with Gasteiger partial charge in [0.25, 0.3) is 0 Å². The summed E-state index contributed by atoms with van der Waals surface area (Å²) in [6, 6.07) is -0.913. The molecule has 0 aromatic carbocycles. The van der Waals surface area contributed by atoms with Crippen LogP contribution >= 0.6 is 0 Å². The van der Waals surface area contributed by atoms with Gasteiger partial charge in [0.05, 0.1) is 24.5 Å². The zero-order chi connectivity index (χ0) is 17.9. The first-order valence-electron chi connectivity index (χ1n) is 8.66. The van der Waals surface area contributed by atoms with E-state index < -0.39 is 35.3 Å². The van der Waals surface area contributed by atoms with Gasteiger partial charge in [0.1, 0.15) is 0 Å². The highest BCUT2D eigenvalue weighted by molar-refractivity contribution is 6.35. The summed E-state index contributed by atoms with van der Waals surface area (Å²) >= 11 is 0. The molecule has 136 valence electrons. The molecule has 6 atom stereocenters. The van der Waals surface area contributed by atoms with Crippen LogP contribution in [-0.2, 0) is 19.1 Å². The van der Waals surface area contributed by atoms with Gasteiger partial charge in [-0.05, 0) is 25.3 Å². The monoisotopic (exact) mass is 350 g/mol. The standard InChI is InChI=1S/C17H22N2O6/c18-14-13-9-5-11-17(14,15(22)16(23)24)2-3-19(11)7-8(9)1-4-25-10(13)6-12(20)21/h1,9-11,13-14H,2-7,18H2,(H,20,21)(H,23,24)/t9-,10-,11-,13-,14+,17+/m0/s1. The molecule has 4 rings (SSSR count). The minimum absolute atomic E-state index is 0.0518. The maximum absolute atomic E-state index is 12.7. The first-order chi connectivity index (χ1) is 11.9. The topological polar surface area (TPSA) is 130 Å². The third-order valence-corrected chi connectivity index (χ3v) is 6.74. The molecular formula is C17H22N2O6. The molecular weight excluding hydrogens is 328 g/mol. The number of hydrogen-bond acceptors (Lipinski definition) is 6. The van der Waals surface area contributed by atoms with Gasteiger partial charge >= 0.3 is 11.9 Å². The third-order valence-electron chi connectivity index (χ3n) is 6.74. The van der Waals surface area contributed by atoms with E-state index in [-0.39, 0.29) is 24.3 Å². The number of nitrogens with two attached hydrogens (primary N) is 1. The summed E-state index contributed by atoms with van der Waals surface area (Å²) in [6.45, 7) is 1.64. The minimum atomic E-state index is -1.46. The average Bonchev–Trinajstić information content (AvgIpc) is 2.85. The summed E-state index contributed by atoms with van der Waals surface area (Å²) in [7, 11) is 0. The highest BCUT2D eigenvalue weighted by Gasteiger charge is 2.66. The van der Waals surface area contributed by atoms with Crippen LogP contribution in [0.25, 0.3) is 0 Å². The molecule has 4 N–H and O–H groups in total. The molecule has 2 saturated heterocycles. The van der Waals surface area contributed by atoms with Crippen molar-refractivity contribution in [3.05, 3.63) is 11.6 Å². The van der Waals surface area contributed by atoms with Gasteiger partial charge in [-0.2, -0.15) is 0 Å². The second-order valence-electron chi connectivity index (χ2n) is 7.60. The van der Waals surface area contributed by atoms with Gasteiger partial charge in [0.2, 0.25) is 5.78 Å². The van der Waals surface area contributed by atoms with Crippen molar-refractivity contribution in [2.24, 2.45) is 23.0 Å². The zero-order valence-corrected chi connectivity index (χ0v) is 13.8. The van der Waals surface area contributed by atoms with E-state index in [4.69, 9.17) is 10.5 Å². The quantitative estimate of drug-likeness (QED) is 0.456. The Morgan fingerprint density at radius 1 is 1.36 bits per heavy atom. The van der Waals surface area contributed by atoms with E-state index in [2.05, 4.69) is 4.90 Å². The number of nitrogens with zero attached hydrogens (tertiary/aromatic N) is 1. The predicted octanol–water partition coefficient (Wildman–Crippen LogP) is -0.522. The number of ketones is 1. The van der Waals surface area contributed by atoms with Crippen LogP contribution in [0.1, 0.15) is 19.3 Å². The maximum atomic E-state index is 12.7. The number of carboxylic acid groups (broad SMARTS) is 2. The molecule has 0 aromatic heterocycles. The highest BCUT2D eigenvalue weighted by Crippen LogP contribution is 2.57. The van der Waals surface area contributed by atoms with E-state index >= 15 is 0 Å². The second-order valence-corrected chi connectivity index (χ2v) is 7.60. The number of aliphatic carboxylic acids is 2. The van der Waals surface area contributed by atoms with Crippen LogP contribution in [0.15, 0.2) is 11.6 Å². The summed E-state index contributed by atoms with van der Waals surface area (Å²) in [6.07, 6.45) is 2.25. The highest BCUT2D eigenvalue weighted by atomic mass is 16.5. The van der Waals surface area contributed by atoms with Crippen molar-refractivity contribution in [3.8, 4) is 0 Å². The predicted molar refractivity (Wildman–Crippen MR) is 84.7 cm³/mol. The van der Waals surface area contributed by atoms with E-state index in [0.29, 0.717) is 32.5 Å². The lowest BCUT2D eigenvalue weighted by Crippen LogP contribution is -2.68. The minimum Gasteiger partial charge on any atom is -0.481 e. The largest absolute Gasteiger partial charge is 0.481 e. The van der Waals surface area contributed by atoms with Crippen LogP contribution in [0.4, 0.5) is 0 Å². The van der Waals surface area contributed by atoms with E-state index in [1.54, 1.807) is 0 Å². The lowest BCUT2D eigenvalue weighted by molar-refractivity contribution is -0.161. The first-order valence-corrected chi connectivity index (χ1v) is 8.66. The molecule has 2 bridgehead atoms. The molecule has 25 heavy (non-hydrogen) atoms. The van der Waals surface area contributed by atoms with Gasteiger partial charge in [-0.25, -0.2) is 4.79 Å². The Morgan fingerprint density at radius 2 is 2.12 bits per heavy atom. The van der Waals surface area contributed by atoms with Crippen molar-refractivity contribution in [3.63, 3.8) is 0 Å². The molecule has 0 spiro atoms. The smallest absolute Gasteiger partial charge is 0.372 e. The molecule has 0 amide bonds. The molecule has 0 unspecified atom stereocenters. The lowest BCUT2D eigenvalue weighted by Gasteiger charge is -2.55. The fourth-order valence-electron chi connectivity index (χ4n) is 5.73. The molecule has 8 heteroatoms. The van der Waals surface area contributed by atoms with Gasteiger partial charge < -0.3 is 20.7 Å². The number of rotatable bonds is 4. The van der Waals surface area contributed by atoms with Gasteiger partial charge in [-0.3, -0.25) is 14.5 Å². The molecule has 8 nitrogen and oxygen atoms in total. The van der Waals surface area contributed by atoms with Crippen molar-refractivity contribution in [1.29, 1.82) is 0 Å². The van der Waals surface area contributed by atoms with Crippen LogP contribution in [0.3, 0.4) is 0 Å². The Morgan fingerprint density at radius 3 is 2.80 bits per heavy atom. The Bertz CT molecular complexity index is 676. The second kappa shape index (κ2) is 5.62. The number of piperidine rings is 1. The van der Waals surface area contributed by atoms with Gasteiger partial charge in [0.15, 0.2) is 0 Å². The fraction of sp³-hybridized carbons (Fsp3) is 0.706. The summed E-state index contributed by atoms with van der Waals surface area (Å²) < 4.78 is 5.78. The molecule has 1 aliphatic carbocycles. The third kappa shape index (κ3) is 2.21. The number of ether oxygens (including phenoxy) is 1. The number of carbonyl (C=O) groups excluding carboxylic acids is 1. The van der Waals surface area contributed by atoms with Crippen molar-refractivity contribution in [2.45, 2.75) is 37.5 Å². The number of carboxylic acids is 2. The molecule has 1 saturated carbocycles. The molecule has 0 aromatic rings. The summed E-state index contributed by atoms with van der Waals surface area (Å²) in [5.41, 5.74) is 6.59. The fourth-order valence-corrected chi connectivity index (χ4v) is 5.73. The summed E-state index contributed by atoms with van der Waals surface area (Å²) in [5.74, 6) is -3.58. The zero-order valence-electron chi connectivity index (χ0n) is 13.8. The van der Waals surface area contributed by atoms with Crippen molar-refractivity contribution < 1.29 is 29.3 Å². The Balaban J connectivity index is 1.81. The normalized spacial score (nSPS) is 42.4. The summed E-state index contributed by atoms with van der Waals surface area (Å²) in [4.78, 5) is 37.7. The molecule has 3 aliphatic heterocycles. The van der Waals surface area contributed by atoms with Crippen LogP contribution in [0.2, 0.25) is 0 Å². The Kier molecular flexibility index (Phi) is 3.75. The SMILES string of the molecule is N[C@@H]1[C@@H]2[C@H](CC(=O)O)OCC=C3CN4CC[C@@]1(C(=O)C(=O)O)[C@@H]4C[C@@H]32. The number of carbonyl (C=O) groups is 3. The molecule has 3 heterocycles. The number of Topliss-reactive ketones (excluding diaryl/α,β-unsaturated/α-hetero) is 1. The van der Waals surface area contributed by atoms with Crippen LogP contribution in [0, 0.1) is 17.3 Å². The Hall–Kier alpha value is -1.77. The van der Waals surface area contributed by atoms with E-state index in [1.165, 1.54) is 5.57 Å². The maximum Gasteiger partial charge on any atom is 0.372 e. The molecule has 0 radical (unpaired) electrons. The lowest BCUT2D eigenvalue weighted by atomic mass is 9.54. The van der Waals surface area contributed by atoms with Crippen molar-refractivity contribution >= 4 is 17.7 Å². The first kappa shape index (κ1) is 16.7. The van der Waals surface area contributed by atoms with Gasteiger partial charge in [0, 0.05) is 24.5 Å². The van der Waals surface area contributed by atoms with Crippen molar-refractivity contribution in [2.75, 3.05) is 19.7 Å². The Labute approximate surface area is 144 Å². The summed E-state index contributed by atoms with van der Waals surface area (Å²) in [5, 5.41) is 18.6. The molecule has 4 aliphatic rings. The van der Waals surface area contributed by atoms with Gasteiger partial charge in [-0.15, -0.1) is 0 Å². The van der Waals surface area contributed by atoms with E-state index in [1.807, 2.05) is 6.08 Å². The van der Waals surface area contributed by atoms with E-state index in [9.17, 15) is 24.6 Å².